The molecule has 1 fully saturated rings. The molecule has 31 heavy (non-hydrogen) atoms. The average Bonchev–Trinajstić information content (AvgIpc) is 3.25. The number of sulfonamides is 1. The largest absolute Gasteiger partial charge is 0.377 e. The van der Waals surface area contributed by atoms with E-state index in [1.165, 1.54) is 4.31 Å². The van der Waals surface area contributed by atoms with Crippen LogP contribution in [0.25, 0.3) is 10.9 Å². The quantitative estimate of drug-likeness (QED) is 0.632. The van der Waals surface area contributed by atoms with Crippen molar-refractivity contribution in [2.75, 3.05) is 13.2 Å². The van der Waals surface area contributed by atoms with Crippen molar-refractivity contribution in [2.45, 2.75) is 51.2 Å². The minimum Gasteiger partial charge on any atom is -0.377 e. The molecule has 164 valence electrons. The fourth-order valence-electron chi connectivity index (χ4n) is 4.05. The summed E-state index contributed by atoms with van der Waals surface area (Å²) >= 11 is 0. The third-order valence-electron chi connectivity index (χ3n) is 5.96. The van der Waals surface area contributed by atoms with Gasteiger partial charge in [-0.15, -0.1) is 0 Å². The molecule has 0 saturated carbocycles. The minimum absolute atomic E-state index is 0.00523. The normalized spacial score (nSPS) is 17.0. The standard InChI is InChI=1S/C24H28N2O4S/c1-16-6-10-21(11-7-16)31(28,29)26(15-20-5-4-12-30-20)14-19-13-22-17(2)8-9-18(3)23(22)25-24(19)27/h6-11,13,20H,4-5,12,14-15H2,1-3H3,(H,25,27)/t20-/m1/s1. The number of hydrogen-bond acceptors (Lipinski definition) is 4. The summed E-state index contributed by atoms with van der Waals surface area (Å²) in [5.41, 5.74) is 3.95. The van der Waals surface area contributed by atoms with Gasteiger partial charge in [0.25, 0.3) is 5.56 Å². The maximum atomic E-state index is 13.5. The molecule has 0 radical (unpaired) electrons. The van der Waals surface area contributed by atoms with Gasteiger partial charge in [-0.1, -0.05) is 29.8 Å². The highest BCUT2D eigenvalue weighted by Gasteiger charge is 2.30. The van der Waals surface area contributed by atoms with Gasteiger partial charge in [0.15, 0.2) is 0 Å². The van der Waals surface area contributed by atoms with Crippen LogP contribution in [-0.4, -0.2) is 37.0 Å². The summed E-state index contributed by atoms with van der Waals surface area (Å²) in [6.07, 6.45) is 1.56. The van der Waals surface area contributed by atoms with Crippen molar-refractivity contribution in [2.24, 2.45) is 0 Å². The zero-order valence-electron chi connectivity index (χ0n) is 18.1. The van der Waals surface area contributed by atoms with Gasteiger partial charge in [-0.05, 0) is 62.9 Å². The number of aromatic nitrogens is 1. The van der Waals surface area contributed by atoms with Gasteiger partial charge in [0.05, 0.1) is 16.5 Å². The first-order chi connectivity index (χ1) is 14.8. The van der Waals surface area contributed by atoms with Crippen LogP contribution in [0.1, 0.15) is 35.1 Å². The van der Waals surface area contributed by atoms with Crippen LogP contribution in [0.4, 0.5) is 0 Å². The average molecular weight is 441 g/mol. The minimum atomic E-state index is -3.79. The number of nitrogens with one attached hydrogen (secondary N) is 1. The topological polar surface area (TPSA) is 79.5 Å². The second-order valence-corrected chi connectivity index (χ2v) is 10.3. The van der Waals surface area contributed by atoms with Crippen LogP contribution in [0, 0.1) is 20.8 Å². The first-order valence-corrected chi connectivity index (χ1v) is 12.0. The van der Waals surface area contributed by atoms with Crippen LogP contribution in [0.5, 0.6) is 0 Å². The summed E-state index contributed by atoms with van der Waals surface area (Å²) in [6, 6.07) is 12.6. The molecule has 1 N–H and O–H groups in total. The lowest BCUT2D eigenvalue weighted by molar-refractivity contribution is 0.0925. The molecule has 1 saturated heterocycles. The fraction of sp³-hybridized carbons (Fsp3) is 0.375. The van der Waals surface area contributed by atoms with E-state index < -0.39 is 10.0 Å². The maximum absolute atomic E-state index is 13.5. The highest BCUT2D eigenvalue weighted by Crippen LogP contribution is 2.24. The van der Waals surface area contributed by atoms with E-state index in [0.717, 1.165) is 40.4 Å². The summed E-state index contributed by atoms with van der Waals surface area (Å²) in [5, 5.41) is 0.930. The van der Waals surface area contributed by atoms with Crippen molar-refractivity contribution in [3.8, 4) is 0 Å². The van der Waals surface area contributed by atoms with E-state index in [4.69, 9.17) is 4.74 Å². The Bertz CT molecular complexity index is 1260. The monoisotopic (exact) mass is 440 g/mol. The predicted octanol–water partition coefficient (Wildman–Crippen LogP) is 3.82. The number of rotatable bonds is 6. The van der Waals surface area contributed by atoms with E-state index >= 15 is 0 Å². The molecule has 0 bridgehead atoms. The van der Waals surface area contributed by atoms with Crippen molar-refractivity contribution < 1.29 is 13.2 Å². The number of nitrogens with zero attached hydrogens (tertiary/aromatic N) is 1. The number of hydrogen-bond donors (Lipinski definition) is 1. The molecule has 4 rings (SSSR count). The SMILES string of the molecule is Cc1ccc(S(=O)(=O)N(Cc2cc3c(C)ccc(C)c3[nH]c2=O)C[C@H]2CCCO2)cc1. The second-order valence-electron chi connectivity index (χ2n) is 8.36. The van der Waals surface area contributed by atoms with E-state index in [9.17, 15) is 13.2 Å². The van der Waals surface area contributed by atoms with Gasteiger partial charge in [0, 0.05) is 30.6 Å². The van der Waals surface area contributed by atoms with Crippen molar-refractivity contribution >= 4 is 20.9 Å². The molecule has 1 aromatic heterocycles. The lowest BCUT2D eigenvalue weighted by atomic mass is 10.0. The van der Waals surface area contributed by atoms with Crippen LogP contribution in [0.3, 0.4) is 0 Å². The van der Waals surface area contributed by atoms with Gasteiger partial charge in [0.2, 0.25) is 10.0 Å². The number of aryl methyl sites for hydroxylation is 3. The van der Waals surface area contributed by atoms with E-state index in [0.29, 0.717) is 12.2 Å². The van der Waals surface area contributed by atoms with E-state index in [2.05, 4.69) is 4.98 Å². The summed E-state index contributed by atoms with van der Waals surface area (Å²) in [7, 11) is -3.79. The zero-order chi connectivity index (χ0) is 22.2. The highest BCUT2D eigenvalue weighted by molar-refractivity contribution is 7.89. The first-order valence-electron chi connectivity index (χ1n) is 10.6. The lowest BCUT2D eigenvalue weighted by Gasteiger charge is -2.25. The highest BCUT2D eigenvalue weighted by atomic mass is 32.2. The fourth-order valence-corrected chi connectivity index (χ4v) is 5.50. The number of H-pyrrole nitrogens is 1. The van der Waals surface area contributed by atoms with Crippen LogP contribution in [0.2, 0.25) is 0 Å². The first kappa shape index (κ1) is 21.7. The Morgan fingerprint density at radius 2 is 1.77 bits per heavy atom. The van der Waals surface area contributed by atoms with Gasteiger partial charge in [-0.2, -0.15) is 4.31 Å². The Balaban J connectivity index is 1.76. The second kappa shape index (κ2) is 8.57. The molecule has 0 aliphatic carbocycles. The molecule has 7 heteroatoms. The van der Waals surface area contributed by atoms with Crippen molar-refractivity contribution in [3.63, 3.8) is 0 Å². The Morgan fingerprint density at radius 3 is 2.45 bits per heavy atom. The van der Waals surface area contributed by atoms with Crippen molar-refractivity contribution in [3.05, 3.63) is 75.1 Å². The molecular weight excluding hydrogens is 412 g/mol. The number of pyridine rings is 1. The molecule has 3 aromatic rings. The molecule has 6 nitrogen and oxygen atoms in total. The number of benzene rings is 2. The van der Waals surface area contributed by atoms with Gasteiger partial charge in [-0.25, -0.2) is 8.42 Å². The molecule has 1 aliphatic heterocycles. The van der Waals surface area contributed by atoms with Crippen LogP contribution >= 0.6 is 0 Å². The predicted molar refractivity (Wildman–Crippen MR) is 122 cm³/mol. The Hall–Kier alpha value is -2.48. The van der Waals surface area contributed by atoms with Gasteiger partial charge in [-0.3, -0.25) is 4.79 Å². The number of fused-ring (bicyclic) bond motifs is 1. The summed E-state index contributed by atoms with van der Waals surface area (Å²) in [6.45, 7) is 6.70. The Kier molecular flexibility index (Phi) is 6.01. The number of ether oxygens (including phenoxy) is 1. The summed E-state index contributed by atoms with van der Waals surface area (Å²) in [4.78, 5) is 16.0. The summed E-state index contributed by atoms with van der Waals surface area (Å²) in [5.74, 6) is 0. The van der Waals surface area contributed by atoms with E-state index in [-0.39, 0.29) is 29.6 Å². The molecular formula is C24H28N2O4S. The van der Waals surface area contributed by atoms with E-state index in [1.54, 1.807) is 24.3 Å². The molecule has 1 atom stereocenters. The Morgan fingerprint density at radius 1 is 1.06 bits per heavy atom. The Labute approximate surface area is 182 Å². The molecule has 0 amide bonds. The maximum Gasteiger partial charge on any atom is 0.252 e. The molecule has 0 spiro atoms. The molecule has 1 aliphatic rings. The number of aromatic amines is 1. The van der Waals surface area contributed by atoms with Crippen LogP contribution in [0.15, 0.2) is 52.2 Å². The van der Waals surface area contributed by atoms with Gasteiger partial charge < -0.3 is 9.72 Å². The van der Waals surface area contributed by atoms with Crippen LogP contribution in [-0.2, 0) is 21.3 Å². The third-order valence-corrected chi connectivity index (χ3v) is 7.78. The molecule has 0 unspecified atom stereocenters. The molecule has 2 heterocycles. The third kappa shape index (κ3) is 4.44. The van der Waals surface area contributed by atoms with Gasteiger partial charge >= 0.3 is 0 Å². The van der Waals surface area contributed by atoms with Gasteiger partial charge in [0.1, 0.15) is 0 Å². The van der Waals surface area contributed by atoms with Crippen molar-refractivity contribution in [1.82, 2.24) is 9.29 Å². The zero-order valence-corrected chi connectivity index (χ0v) is 19.0. The smallest absolute Gasteiger partial charge is 0.252 e. The lowest BCUT2D eigenvalue weighted by Crippen LogP contribution is -2.38. The molecule has 2 aromatic carbocycles. The van der Waals surface area contributed by atoms with Crippen LogP contribution < -0.4 is 5.56 Å². The van der Waals surface area contributed by atoms with Crippen molar-refractivity contribution in [1.29, 1.82) is 0 Å². The summed E-state index contributed by atoms with van der Waals surface area (Å²) < 4.78 is 34.1. The van der Waals surface area contributed by atoms with E-state index in [1.807, 2.05) is 39.0 Å².